The number of hydrogen-bond acceptors (Lipinski definition) is 2. The van der Waals surface area contributed by atoms with Gasteiger partial charge in [-0.2, -0.15) is 0 Å². The molecule has 0 amide bonds. The molecule has 24 heavy (non-hydrogen) atoms. The van der Waals surface area contributed by atoms with Crippen molar-refractivity contribution in [2.24, 2.45) is 0 Å². The lowest BCUT2D eigenvalue weighted by Crippen LogP contribution is -2.15. The molecule has 3 heteroatoms. The van der Waals surface area contributed by atoms with Gasteiger partial charge in [-0.25, -0.2) is 8.42 Å². The first-order valence-corrected chi connectivity index (χ1v) is 9.93. The molecule has 0 aliphatic rings. The highest BCUT2D eigenvalue weighted by Crippen LogP contribution is 2.30. The van der Waals surface area contributed by atoms with Crippen LogP contribution in [0.1, 0.15) is 59.1 Å². The van der Waals surface area contributed by atoms with Gasteiger partial charge in [0.05, 0.1) is 9.79 Å². The molecule has 2 nitrogen and oxygen atoms in total. The summed E-state index contributed by atoms with van der Waals surface area (Å²) in [6.07, 6.45) is 1.01. The molecule has 2 aromatic rings. The number of rotatable bonds is 4. The van der Waals surface area contributed by atoms with Gasteiger partial charge in [0.25, 0.3) is 0 Å². The van der Waals surface area contributed by atoms with Crippen LogP contribution in [-0.2, 0) is 20.7 Å². The van der Waals surface area contributed by atoms with Crippen LogP contribution in [0.2, 0.25) is 0 Å². The number of hydrogen-bond donors (Lipinski definition) is 0. The van der Waals surface area contributed by atoms with E-state index in [2.05, 4.69) is 41.5 Å². The SMILES string of the molecule is CCC(C)(C)c1ccc(S(=O)(=O)c2ccc(C(C)(C)C)cc2)cc1. The van der Waals surface area contributed by atoms with Gasteiger partial charge in [-0.3, -0.25) is 0 Å². The molecule has 0 bridgehead atoms. The molecule has 0 N–H and O–H groups in total. The van der Waals surface area contributed by atoms with E-state index in [1.807, 2.05) is 24.3 Å². The van der Waals surface area contributed by atoms with Crippen molar-refractivity contribution in [3.63, 3.8) is 0 Å². The monoisotopic (exact) mass is 344 g/mol. The topological polar surface area (TPSA) is 34.1 Å². The molecule has 0 aliphatic carbocycles. The minimum absolute atomic E-state index is 0.00960. The third kappa shape index (κ3) is 3.72. The molecule has 0 fully saturated rings. The Bertz CT molecular complexity index is 790. The zero-order valence-electron chi connectivity index (χ0n) is 15.6. The summed E-state index contributed by atoms with van der Waals surface area (Å²) in [5, 5.41) is 0. The fraction of sp³-hybridized carbons (Fsp3) is 0.429. The van der Waals surface area contributed by atoms with Gasteiger partial charge in [-0.05, 0) is 52.6 Å². The van der Waals surface area contributed by atoms with Gasteiger partial charge < -0.3 is 0 Å². The molecule has 0 heterocycles. The molecular formula is C21H28O2S. The van der Waals surface area contributed by atoms with Crippen molar-refractivity contribution in [2.75, 3.05) is 0 Å². The van der Waals surface area contributed by atoms with Gasteiger partial charge in [-0.1, -0.05) is 65.8 Å². The summed E-state index contributed by atoms with van der Waals surface area (Å²) < 4.78 is 25.7. The Balaban J connectivity index is 2.37. The Morgan fingerprint density at radius 2 is 1.08 bits per heavy atom. The second-order valence-electron chi connectivity index (χ2n) is 8.04. The summed E-state index contributed by atoms with van der Waals surface area (Å²) in [6, 6.07) is 14.5. The first-order chi connectivity index (χ1) is 11.0. The predicted molar refractivity (Wildman–Crippen MR) is 100 cm³/mol. The van der Waals surface area contributed by atoms with Gasteiger partial charge in [0, 0.05) is 0 Å². The highest BCUT2D eigenvalue weighted by atomic mass is 32.2. The Hall–Kier alpha value is -1.61. The molecule has 0 radical (unpaired) electrons. The molecule has 0 saturated carbocycles. The molecule has 130 valence electrons. The van der Waals surface area contributed by atoms with E-state index in [9.17, 15) is 8.42 Å². The van der Waals surface area contributed by atoms with Crippen molar-refractivity contribution in [2.45, 2.75) is 68.6 Å². The van der Waals surface area contributed by atoms with Crippen LogP contribution in [-0.4, -0.2) is 8.42 Å². The van der Waals surface area contributed by atoms with E-state index in [1.54, 1.807) is 24.3 Å². The van der Waals surface area contributed by atoms with Crippen LogP contribution >= 0.6 is 0 Å². The molecule has 0 aliphatic heterocycles. The first kappa shape index (κ1) is 18.7. The number of benzene rings is 2. The average molecular weight is 345 g/mol. The van der Waals surface area contributed by atoms with Gasteiger partial charge in [0.2, 0.25) is 9.84 Å². The zero-order valence-corrected chi connectivity index (χ0v) is 16.4. The van der Waals surface area contributed by atoms with Gasteiger partial charge in [0.15, 0.2) is 0 Å². The smallest absolute Gasteiger partial charge is 0.206 e. The summed E-state index contributed by atoms with van der Waals surface area (Å²) in [6.45, 7) is 12.8. The lowest BCUT2D eigenvalue weighted by atomic mass is 9.82. The summed E-state index contributed by atoms with van der Waals surface area (Å²) in [7, 11) is -3.47. The maximum Gasteiger partial charge on any atom is 0.206 e. The van der Waals surface area contributed by atoms with E-state index in [-0.39, 0.29) is 10.8 Å². The third-order valence-electron chi connectivity index (χ3n) is 4.86. The van der Waals surface area contributed by atoms with Gasteiger partial charge >= 0.3 is 0 Å². The molecule has 0 aromatic heterocycles. The highest BCUT2D eigenvalue weighted by molar-refractivity contribution is 7.91. The normalized spacial score (nSPS) is 13.1. The van der Waals surface area contributed by atoms with Crippen LogP contribution in [0.4, 0.5) is 0 Å². The Morgan fingerprint density at radius 3 is 1.42 bits per heavy atom. The molecule has 0 atom stereocenters. The fourth-order valence-electron chi connectivity index (χ4n) is 2.56. The van der Waals surface area contributed by atoms with Crippen LogP contribution < -0.4 is 0 Å². The average Bonchev–Trinajstić information content (AvgIpc) is 2.54. The minimum Gasteiger partial charge on any atom is -0.219 e. The quantitative estimate of drug-likeness (QED) is 0.733. The third-order valence-corrected chi connectivity index (χ3v) is 6.65. The second kappa shape index (κ2) is 6.36. The highest BCUT2D eigenvalue weighted by Gasteiger charge is 2.22. The van der Waals surface area contributed by atoms with E-state index in [1.165, 1.54) is 0 Å². The molecule has 0 spiro atoms. The molecule has 0 saturated heterocycles. The van der Waals surface area contributed by atoms with E-state index in [4.69, 9.17) is 0 Å². The first-order valence-electron chi connectivity index (χ1n) is 8.44. The minimum atomic E-state index is -3.47. The van der Waals surface area contributed by atoms with Crippen LogP contribution in [0, 0.1) is 0 Å². The summed E-state index contributed by atoms with van der Waals surface area (Å²) in [5.74, 6) is 0. The molecule has 2 aromatic carbocycles. The Kier molecular flexibility index (Phi) is 4.96. The van der Waals surface area contributed by atoms with Crippen LogP contribution in [0.5, 0.6) is 0 Å². The lowest BCUT2D eigenvalue weighted by molar-refractivity contribution is 0.506. The molecule has 0 unspecified atom stereocenters. The standard InChI is InChI=1S/C21H28O2S/c1-7-21(5,6)17-10-14-19(15-11-17)24(22,23)18-12-8-16(9-13-18)20(2,3)4/h8-15H,7H2,1-6H3. The fourth-order valence-corrected chi connectivity index (χ4v) is 3.82. The van der Waals surface area contributed by atoms with Crippen LogP contribution in [0.3, 0.4) is 0 Å². The van der Waals surface area contributed by atoms with Crippen molar-refractivity contribution in [3.8, 4) is 0 Å². The van der Waals surface area contributed by atoms with Crippen molar-refractivity contribution in [3.05, 3.63) is 59.7 Å². The Labute approximate surface area is 146 Å². The largest absolute Gasteiger partial charge is 0.219 e. The zero-order chi connectivity index (χ0) is 18.2. The van der Waals surface area contributed by atoms with E-state index in [0.29, 0.717) is 9.79 Å². The number of sulfone groups is 1. The van der Waals surface area contributed by atoms with Crippen LogP contribution in [0.25, 0.3) is 0 Å². The Morgan fingerprint density at radius 1 is 0.708 bits per heavy atom. The van der Waals surface area contributed by atoms with Gasteiger partial charge in [0.1, 0.15) is 0 Å². The van der Waals surface area contributed by atoms with E-state index < -0.39 is 9.84 Å². The van der Waals surface area contributed by atoms with E-state index in [0.717, 1.165) is 17.5 Å². The summed E-state index contributed by atoms with van der Waals surface area (Å²) in [4.78, 5) is 0.694. The second-order valence-corrected chi connectivity index (χ2v) is 9.99. The van der Waals surface area contributed by atoms with Crippen molar-refractivity contribution in [1.29, 1.82) is 0 Å². The maximum absolute atomic E-state index is 12.8. The molecule has 2 rings (SSSR count). The van der Waals surface area contributed by atoms with Crippen molar-refractivity contribution >= 4 is 9.84 Å². The maximum atomic E-state index is 12.8. The van der Waals surface area contributed by atoms with Crippen LogP contribution in [0.15, 0.2) is 58.3 Å². The van der Waals surface area contributed by atoms with Crippen molar-refractivity contribution < 1.29 is 8.42 Å². The lowest BCUT2D eigenvalue weighted by Gasteiger charge is -2.23. The van der Waals surface area contributed by atoms with Gasteiger partial charge in [-0.15, -0.1) is 0 Å². The van der Waals surface area contributed by atoms with Crippen molar-refractivity contribution in [1.82, 2.24) is 0 Å². The summed E-state index contributed by atoms with van der Waals surface area (Å²) >= 11 is 0. The van der Waals surface area contributed by atoms with E-state index >= 15 is 0 Å². The predicted octanol–water partition coefficient (Wildman–Crippen LogP) is 5.50. The molecular weight excluding hydrogens is 316 g/mol. The summed E-state index contributed by atoms with van der Waals surface area (Å²) in [5.41, 5.74) is 2.35.